The Bertz CT molecular complexity index is 653. The Morgan fingerprint density at radius 3 is 2.62 bits per heavy atom. The molecular formula is C15H13BrF2N2O. The highest BCUT2D eigenvalue weighted by atomic mass is 79.9. The Morgan fingerprint density at radius 1 is 1.24 bits per heavy atom. The average molecular weight is 355 g/mol. The maximum absolute atomic E-state index is 13.6. The third-order valence-electron chi connectivity index (χ3n) is 2.95. The molecule has 2 rings (SSSR count). The molecule has 0 aromatic heterocycles. The van der Waals surface area contributed by atoms with Crippen molar-refractivity contribution < 1.29 is 13.6 Å². The van der Waals surface area contributed by atoms with Gasteiger partial charge in [-0.2, -0.15) is 0 Å². The first-order valence-electron chi connectivity index (χ1n) is 6.25. The Morgan fingerprint density at radius 2 is 1.95 bits per heavy atom. The summed E-state index contributed by atoms with van der Waals surface area (Å²) < 4.78 is 26.7. The molecule has 3 nitrogen and oxygen atoms in total. The standard InChI is InChI=1S/C15H13BrF2N2O/c16-11-7-10(17)8-12(18)15(11)20-14(21)6-5-9-3-1-2-4-13(9)19/h1-4,7-8H,5-6,19H2,(H,20,21). The first kappa shape index (κ1) is 15.4. The zero-order valence-electron chi connectivity index (χ0n) is 11.0. The number of benzene rings is 2. The molecule has 2 aromatic rings. The predicted octanol–water partition coefficient (Wildman–Crippen LogP) is 3.88. The Balaban J connectivity index is 2.01. The molecule has 110 valence electrons. The number of hydrogen-bond acceptors (Lipinski definition) is 2. The fraction of sp³-hybridized carbons (Fsp3) is 0.133. The number of nitrogens with one attached hydrogen (secondary N) is 1. The minimum atomic E-state index is -0.825. The van der Waals surface area contributed by atoms with Crippen LogP contribution >= 0.6 is 15.9 Å². The number of carbonyl (C=O) groups is 1. The second-order valence-electron chi connectivity index (χ2n) is 4.49. The quantitative estimate of drug-likeness (QED) is 0.818. The van der Waals surface area contributed by atoms with E-state index < -0.39 is 11.6 Å². The SMILES string of the molecule is Nc1ccccc1CCC(=O)Nc1c(F)cc(F)cc1Br. The number of hydrogen-bond donors (Lipinski definition) is 2. The van der Waals surface area contributed by atoms with E-state index in [-0.39, 0.29) is 22.5 Å². The fourth-order valence-electron chi connectivity index (χ4n) is 1.87. The lowest BCUT2D eigenvalue weighted by Gasteiger charge is -2.09. The lowest BCUT2D eigenvalue weighted by atomic mass is 10.1. The van der Waals surface area contributed by atoms with Gasteiger partial charge >= 0.3 is 0 Å². The van der Waals surface area contributed by atoms with Gasteiger partial charge in [-0.3, -0.25) is 4.79 Å². The van der Waals surface area contributed by atoms with Crippen molar-refractivity contribution in [3.63, 3.8) is 0 Å². The molecule has 0 aliphatic heterocycles. The van der Waals surface area contributed by atoms with Crippen LogP contribution in [0, 0.1) is 11.6 Å². The van der Waals surface area contributed by atoms with Crippen LogP contribution in [0.15, 0.2) is 40.9 Å². The van der Waals surface area contributed by atoms with E-state index in [2.05, 4.69) is 21.2 Å². The van der Waals surface area contributed by atoms with E-state index in [1.807, 2.05) is 18.2 Å². The highest BCUT2D eigenvalue weighted by molar-refractivity contribution is 9.10. The maximum Gasteiger partial charge on any atom is 0.224 e. The van der Waals surface area contributed by atoms with Gasteiger partial charge in [-0.15, -0.1) is 0 Å². The molecule has 1 amide bonds. The molecule has 0 heterocycles. The van der Waals surface area contributed by atoms with Gasteiger partial charge in [0, 0.05) is 22.6 Å². The number of halogens is 3. The molecule has 0 aliphatic carbocycles. The van der Waals surface area contributed by atoms with Gasteiger partial charge in [-0.1, -0.05) is 18.2 Å². The van der Waals surface area contributed by atoms with Crippen LogP contribution in [0.1, 0.15) is 12.0 Å². The zero-order valence-corrected chi connectivity index (χ0v) is 12.6. The van der Waals surface area contributed by atoms with Crippen LogP contribution in [0.3, 0.4) is 0 Å². The van der Waals surface area contributed by atoms with Crippen LogP contribution in [-0.2, 0) is 11.2 Å². The summed E-state index contributed by atoms with van der Waals surface area (Å²) in [5.41, 5.74) is 7.18. The van der Waals surface area contributed by atoms with Gasteiger partial charge in [0.15, 0.2) is 5.82 Å². The van der Waals surface area contributed by atoms with Crippen LogP contribution in [0.4, 0.5) is 20.2 Å². The van der Waals surface area contributed by atoms with Crippen molar-refractivity contribution in [1.29, 1.82) is 0 Å². The van der Waals surface area contributed by atoms with Crippen molar-refractivity contribution in [2.45, 2.75) is 12.8 Å². The second-order valence-corrected chi connectivity index (χ2v) is 5.35. The second kappa shape index (κ2) is 6.67. The molecule has 0 bridgehead atoms. The number of aryl methyl sites for hydroxylation is 1. The van der Waals surface area contributed by atoms with E-state index in [1.165, 1.54) is 0 Å². The van der Waals surface area contributed by atoms with Crippen LogP contribution in [0.25, 0.3) is 0 Å². The molecule has 21 heavy (non-hydrogen) atoms. The highest BCUT2D eigenvalue weighted by Gasteiger charge is 2.13. The summed E-state index contributed by atoms with van der Waals surface area (Å²) in [7, 11) is 0. The molecule has 2 aromatic carbocycles. The minimum absolute atomic E-state index is 0.0672. The Labute approximate surface area is 129 Å². The van der Waals surface area contributed by atoms with Crippen molar-refractivity contribution in [2.24, 2.45) is 0 Å². The molecule has 0 spiro atoms. The zero-order chi connectivity index (χ0) is 15.4. The van der Waals surface area contributed by atoms with Gasteiger partial charge in [0.05, 0.1) is 5.69 Å². The fourth-order valence-corrected chi connectivity index (χ4v) is 2.38. The van der Waals surface area contributed by atoms with Gasteiger partial charge in [-0.05, 0) is 40.0 Å². The van der Waals surface area contributed by atoms with Gasteiger partial charge in [0.1, 0.15) is 5.82 Å². The van der Waals surface area contributed by atoms with Gasteiger partial charge in [0.2, 0.25) is 5.91 Å². The summed E-state index contributed by atoms with van der Waals surface area (Å²) in [5, 5.41) is 2.43. The monoisotopic (exact) mass is 354 g/mol. The van der Waals surface area contributed by atoms with E-state index in [4.69, 9.17) is 5.73 Å². The summed E-state index contributed by atoms with van der Waals surface area (Å²) >= 11 is 3.02. The van der Waals surface area contributed by atoms with Crippen LogP contribution in [0.5, 0.6) is 0 Å². The Kier molecular flexibility index (Phi) is 4.90. The number of anilines is 2. The van der Waals surface area contributed by atoms with E-state index in [0.29, 0.717) is 12.1 Å². The van der Waals surface area contributed by atoms with Crippen molar-refractivity contribution in [3.05, 3.63) is 58.1 Å². The van der Waals surface area contributed by atoms with Gasteiger partial charge in [0.25, 0.3) is 0 Å². The number of nitrogens with two attached hydrogens (primary N) is 1. The van der Waals surface area contributed by atoms with Crippen LogP contribution in [0.2, 0.25) is 0 Å². The highest BCUT2D eigenvalue weighted by Crippen LogP contribution is 2.27. The summed E-state index contributed by atoms with van der Waals surface area (Å²) in [6.07, 6.45) is 0.594. The number of carbonyl (C=O) groups excluding carboxylic acids is 1. The third-order valence-corrected chi connectivity index (χ3v) is 3.57. The third kappa shape index (κ3) is 4.01. The molecule has 0 saturated carbocycles. The topological polar surface area (TPSA) is 55.1 Å². The van der Waals surface area contributed by atoms with Crippen LogP contribution < -0.4 is 11.1 Å². The summed E-state index contributed by atoms with van der Waals surface area (Å²) in [5.74, 6) is -1.91. The molecule has 0 atom stereocenters. The number of amides is 1. The number of rotatable bonds is 4. The summed E-state index contributed by atoms with van der Waals surface area (Å²) in [6.45, 7) is 0. The molecule has 3 N–H and O–H groups in total. The Hall–Kier alpha value is -1.95. The van der Waals surface area contributed by atoms with E-state index in [9.17, 15) is 13.6 Å². The van der Waals surface area contributed by atoms with Gasteiger partial charge < -0.3 is 11.1 Å². The predicted molar refractivity (Wildman–Crippen MR) is 81.9 cm³/mol. The van der Waals surface area contributed by atoms with E-state index in [0.717, 1.165) is 17.7 Å². The van der Waals surface area contributed by atoms with Gasteiger partial charge in [-0.25, -0.2) is 8.78 Å². The molecular weight excluding hydrogens is 342 g/mol. The van der Waals surface area contributed by atoms with Crippen molar-refractivity contribution in [1.82, 2.24) is 0 Å². The first-order chi connectivity index (χ1) is 9.97. The van der Waals surface area contributed by atoms with Crippen molar-refractivity contribution >= 4 is 33.2 Å². The lowest BCUT2D eigenvalue weighted by molar-refractivity contribution is -0.116. The largest absolute Gasteiger partial charge is 0.399 e. The molecule has 0 fully saturated rings. The summed E-state index contributed by atoms with van der Waals surface area (Å²) in [6, 6.07) is 9.04. The average Bonchev–Trinajstić information content (AvgIpc) is 2.42. The van der Waals surface area contributed by atoms with Crippen LogP contribution in [-0.4, -0.2) is 5.91 Å². The smallest absolute Gasteiger partial charge is 0.224 e. The summed E-state index contributed by atoms with van der Waals surface area (Å²) in [4.78, 5) is 11.9. The van der Waals surface area contributed by atoms with Crippen molar-refractivity contribution in [2.75, 3.05) is 11.1 Å². The van der Waals surface area contributed by atoms with Crippen molar-refractivity contribution in [3.8, 4) is 0 Å². The normalized spacial score (nSPS) is 10.4. The molecule has 0 unspecified atom stereocenters. The molecule has 6 heteroatoms. The number of nitrogen functional groups attached to an aromatic ring is 1. The number of para-hydroxylation sites is 1. The maximum atomic E-state index is 13.6. The lowest BCUT2D eigenvalue weighted by Crippen LogP contribution is -2.14. The van der Waals surface area contributed by atoms with E-state index >= 15 is 0 Å². The molecule has 0 aliphatic rings. The molecule has 0 saturated heterocycles. The first-order valence-corrected chi connectivity index (χ1v) is 7.04. The van der Waals surface area contributed by atoms with E-state index in [1.54, 1.807) is 6.07 Å². The minimum Gasteiger partial charge on any atom is -0.399 e. The molecule has 0 radical (unpaired) electrons.